The van der Waals surface area contributed by atoms with Crippen LogP contribution in [0.3, 0.4) is 0 Å². The quantitative estimate of drug-likeness (QED) is 0.395. The van der Waals surface area contributed by atoms with Crippen molar-refractivity contribution in [3.63, 3.8) is 0 Å². The summed E-state index contributed by atoms with van der Waals surface area (Å²) in [6, 6.07) is 23.7. The Bertz CT molecular complexity index is 1460. The number of benzene rings is 3. The summed E-state index contributed by atoms with van der Waals surface area (Å²) in [4.78, 5) is 34.2. The Morgan fingerprint density at radius 1 is 0.692 bits per heavy atom. The summed E-state index contributed by atoms with van der Waals surface area (Å²) in [7, 11) is 0. The molecule has 1 aromatic heterocycles. The fraction of sp³-hybridized carbons (Fsp3) is 0.276. The molecule has 6 rings (SSSR count). The molecule has 0 spiro atoms. The highest BCUT2D eigenvalue weighted by Crippen LogP contribution is 2.28. The molecule has 2 aliphatic rings. The van der Waals surface area contributed by atoms with Gasteiger partial charge in [-0.15, -0.1) is 5.10 Å². The molecule has 39 heavy (non-hydrogen) atoms. The van der Waals surface area contributed by atoms with E-state index in [0.717, 1.165) is 16.1 Å². The number of nitrogens with zero attached hydrogens (tertiary/aromatic N) is 6. The molecule has 4 aromatic rings. The van der Waals surface area contributed by atoms with Gasteiger partial charge in [-0.3, -0.25) is 0 Å². The lowest BCUT2D eigenvalue weighted by molar-refractivity contribution is 0.147. The molecule has 0 atom stereocenters. The third kappa shape index (κ3) is 5.09. The monoisotopic (exact) mass is 528 g/mol. The summed E-state index contributed by atoms with van der Waals surface area (Å²) in [5.41, 5.74) is 2.48. The van der Waals surface area contributed by atoms with E-state index in [1.165, 1.54) is 18.2 Å². The van der Waals surface area contributed by atoms with Gasteiger partial charge in [-0.05, 0) is 36.4 Å². The fourth-order valence-corrected chi connectivity index (χ4v) is 5.14. The van der Waals surface area contributed by atoms with E-state index in [2.05, 4.69) is 14.9 Å². The van der Waals surface area contributed by atoms with Crippen molar-refractivity contribution in [2.24, 2.45) is 0 Å². The number of rotatable bonds is 3. The molecule has 3 aromatic carbocycles. The fourth-order valence-electron chi connectivity index (χ4n) is 5.14. The van der Waals surface area contributed by atoms with Crippen molar-refractivity contribution in [2.45, 2.75) is 0 Å². The molecule has 2 aliphatic heterocycles. The van der Waals surface area contributed by atoms with Gasteiger partial charge in [-0.1, -0.05) is 36.4 Å². The minimum atomic E-state index is -0.539. The molecular formula is C29H29FN6O3. The van der Waals surface area contributed by atoms with Crippen molar-refractivity contribution < 1.29 is 18.7 Å². The molecule has 0 bridgehead atoms. The van der Waals surface area contributed by atoms with Gasteiger partial charge in [0.15, 0.2) is 0 Å². The maximum absolute atomic E-state index is 14.2. The Labute approximate surface area is 225 Å². The lowest BCUT2D eigenvalue weighted by Crippen LogP contribution is -2.50. The van der Waals surface area contributed by atoms with Crippen molar-refractivity contribution in [2.75, 3.05) is 62.2 Å². The van der Waals surface area contributed by atoms with Crippen LogP contribution in [0.4, 0.5) is 25.4 Å². The van der Waals surface area contributed by atoms with Crippen LogP contribution in [0.2, 0.25) is 0 Å². The van der Waals surface area contributed by atoms with Gasteiger partial charge in [0, 0.05) is 69.8 Å². The van der Waals surface area contributed by atoms with Gasteiger partial charge in [-0.2, -0.15) is 4.68 Å². The van der Waals surface area contributed by atoms with E-state index >= 15 is 0 Å². The van der Waals surface area contributed by atoms with E-state index in [1.54, 1.807) is 9.80 Å². The molecule has 3 heterocycles. The van der Waals surface area contributed by atoms with Crippen LogP contribution >= 0.6 is 0 Å². The van der Waals surface area contributed by atoms with E-state index in [1.807, 2.05) is 60.7 Å². The molecular weight excluding hydrogens is 499 g/mol. The van der Waals surface area contributed by atoms with Gasteiger partial charge in [-0.25, -0.2) is 14.0 Å². The first-order valence-electron chi connectivity index (χ1n) is 13.1. The first-order chi connectivity index (χ1) is 19.1. The van der Waals surface area contributed by atoms with Crippen LogP contribution in [0.5, 0.6) is 5.88 Å². The number of amides is 2. The second-order valence-corrected chi connectivity index (χ2v) is 9.65. The number of ether oxygens (including phenoxy) is 1. The summed E-state index contributed by atoms with van der Waals surface area (Å²) in [5, 5.41) is 4.75. The summed E-state index contributed by atoms with van der Waals surface area (Å²) in [5.74, 6) is -0.503. The molecule has 0 unspecified atom stereocenters. The minimum Gasteiger partial charge on any atom is -0.389 e. The smallest absolute Gasteiger partial charge is 0.389 e. The summed E-state index contributed by atoms with van der Waals surface area (Å²) < 4.78 is 21.0. The molecule has 10 heteroatoms. The van der Waals surface area contributed by atoms with E-state index in [-0.39, 0.29) is 17.4 Å². The number of hydrogen-bond donors (Lipinski definition) is 0. The van der Waals surface area contributed by atoms with Crippen molar-refractivity contribution >= 4 is 34.4 Å². The first-order valence-corrected chi connectivity index (χ1v) is 13.1. The van der Waals surface area contributed by atoms with Crippen LogP contribution < -0.4 is 14.5 Å². The third-order valence-electron chi connectivity index (χ3n) is 7.31. The molecule has 200 valence electrons. The number of hydrogen-bond acceptors (Lipinski definition) is 6. The van der Waals surface area contributed by atoms with Crippen LogP contribution in [0.25, 0.3) is 10.9 Å². The summed E-state index contributed by atoms with van der Waals surface area (Å²) in [6.45, 7) is 4.65. The normalized spacial score (nSPS) is 16.0. The highest BCUT2D eigenvalue weighted by Gasteiger charge is 2.28. The Morgan fingerprint density at radius 3 is 1.79 bits per heavy atom. The second-order valence-electron chi connectivity index (χ2n) is 9.65. The SMILES string of the molecule is O=C(Oc1nn(C(=O)N2CCN(c3ccccc3)CC2)c2cc(F)ccc12)N1CCN(c2ccccc2)CC1. The van der Waals surface area contributed by atoms with Gasteiger partial charge < -0.3 is 24.3 Å². The van der Waals surface area contributed by atoms with E-state index in [4.69, 9.17) is 4.74 Å². The molecule has 2 fully saturated rings. The van der Waals surface area contributed by atoms with E-state index in [0.29, 0.717) is 57.7 Å². The van der Waals surface area contributed by atoms with Crippen LogP contribution in [-0.4, -0.2) is 84.1 Å². The number of anilines is 2. The average molecular weight is 529 g/mol. The zero-order valence-corrected chi connectivity index (χ0v) is 21.4. The number of carbonyl (C=O) groups excluding carboxylic acids is 2. The number of piperazine rings is 2. The highest BCUT2D eigenvalue weighted by molar-refractivity contribution is 5.94. The third-order valence-corrected chi connectivity index (χ3v) is 7.31. The first kappa shape index (κ1) is 24.7. The molecule has 2 amide bonds. The molecule has 0 N–H and O–H groups in total. The second kappa shape index (κ2) is 10.6. The number of para-hydroxylation sites is 2. The lowest BCUT2D eigenvalue weighted by atomic mass is 10.2. The maximum Gasteiger partial charge on any atom is 0.416 e. The summed E-state index contributed by atoms with van der Waals surface area (Å²) >= 11 is 0. The van der Waals surface area contributed by atoms with Gasteiger partial charge in [0.1, 0.15) is 5.82 Å². The van der Waals surface area contributed by atoms with E-state index < -0.39 is 11.9 Å². The maximum atomic E-state index is 14.2. The van der Waals surface area contributed by atoms with Gasteiger partial charge in [0.05, 0.1) is 10.9 Å². The molecule has 9 nitrogen and oxygen atoms in total. The number of halogens is 1. The van der Waals surface area contributed by atoms with Gasteiger partial charge in [0.25, 0.3) is 5.88 Å². The Hall–Kier alpha value is -4.60. The number of fused-ring (bicyclic) bond motifs is 1. The number of carbonyl (C=O) groups is 2. The van der Waals surface area contributed by atoms with Crippen molar-refractivity contribution in [1.29, 1.82) is 0 Å². The zero-order valence-electron chi connectivity index (χ0n) is 21.4. The standard InChI is InChI=1S/C29H29FN6O3/c30-22-11-12-25-26(21-22)36(28(37)34-17-13-32(14-18-34)23-7-3-1-4-8-23)31-27(25)39-29(38)35-19-15-33(16-20-35)24-9-5-2-6-10-24/h1-12,21H,13-20H2. The summed E-state index contributed by atoms with van der Waals surface area (Å²) in [6.07, 6.45) is -0.539. The van der Waals surface area contributed by atoms with Crippen molar-refractivity contribution in [1.82, 2.24) is 19.6 Å². The van der Waals surface area contributed by atoms with Crippen molar-refractivity contribution in [3.8, 4) is 5.88 Å². The Morgan fingerprint density at radius 2 is 1.23 bits per heavy atom. The van der Waals surface area contributed by atoms with Crippen LogP contribution in [0, 0.1) is 5.82 Å². The highest BCUT2D eigenvalue weighted by atomic mass is 19.1. The van der Waals surface area contributed by atoms with Crippen LogP contribution in [0.15, 0.2) is 78.9 Å². The predicted molar refractivity (Wildman–Crippen MR) is 147 cm³/mol. The van der Waals surface area contributed by atoms with Gasteiger partial charge in [0.2, 0.25) is 0 Å². The van der Waals surface area contributed by atoms with Crippen molar-refractivity contribution in [3.05, 3.63) is 84.7 Å². The zero-order chi connectivity index (χ0) is 26.8. The minimum absolute atomic E-state index is 0.00300. The van der Waals surface area contributed by atoms with E-state index in [9.17, 15) is 14.0 Å². The predicted octanol–water partition coefficient (Wildman–Crippen LogP) is 4.29. The van der Waals surface area contributed by atoms with Gasteiger partial charge >= 0.3 is 12.1 Å². The molecule has 2 saturated heterocycles. The average Bonchev–Trinajstić information content (AvgIpc) is 3.34. The molecule has 0 saturated carbocycles. The van der Waals surface area contributed by atoms with Crippen LogP contribution in [0.1, 0.15) is 0 Å². The largest absolute Gasteiger partial charge is 0.416 e. The molecule has 0 radical (unpaired) electrons. The number of aromatic nitrogens is 2. The Kier molecular flexibility index (Phi) is 6.75. The topological polar surface area (TPSA) is 74.1 Å². The Balaban J connectivity index is 1.15. The lowest BCUT2D eigenvalue weighted by Gasteiger charge is -2.35. The molecule has 0 aliphatic carbocycles. The van der Waals surface area contributed by atoms with Crippen LogP contribution in [-0.2, 0) is 0 Å².